The van der Waals surface area contributed by atoms with Crippen molar-refractivity contribution in [1.82, 2.24) is 4.31 Å². The topological polar surface area (TPSA) is 66.9 Å². The first-order valence-corrected chi connectivity index (χ1v) is 11.7. The van der Waals surface area contributed by atoms with Crippen LogP contribution in [0.25, 0.3) is 0 Å². The van der Waals surface area contributed by atoms with Gasteiger partial charge in [-0.2, -0.15) is 4.31 Å². The summed E-state index contributed by atoms with van der Waals surface area (Å²) in [6.45, 7) is 13.1. The highest BCUT2D eigenvalue weighted by atomic mass is 32.2. The van der Waals surface area contributed by atoms with Crippen LogP contribution in [-0.4, -0.2) is 50.0 Å². The van der Waals surface area contributed by atoms with Crippen LogP contribution in [0.3, 0.4) is 0 Å². The van der Waals surface area contributed by atoms with Gasteiger partial charge in [-0.05, 0) is 70.6 Å². The summed E-state index contributed by atoms with van der Waals surface area (Å²) in [7, 11) is -3.83. The van der Waals surface area contributed by atoms with Crippen LogP contribution < -0.4 is 4.90 Å². The lowest BCUT2D eigenvalue weighted by molar-refractivity contribution is -0.158. The van der Waals surface area contributed by atoms with Gasteiger partial charge in [-0.1, -0.05) is 12.1 Å². The second-order valence-electron chi connectivity index (χ2n) is 9.01. The van der Waals surface area contributed by atoms with Gasteiger partial charge in [-0.15, -0.1) is 6.58 Å². The Morgan fingerprint density at radius 2 is 1.97 bits per heavy atom. The zero-order valence-electron chi connectivity index (χ0n) is 17.8. The number of anilines is 1. The van der Waals surface area contributed by atoms with E-state index in [-0.39, 0.29) is 4.90 Å². The maximum Gasteiger partial charge on any atom is 0.324 e. The van der Waals surface area contributed by atoms with Gasteiger partial charge in [0.1, 0.15) is 16.5 Å². The molecule has 1 aromatic rings. The molecule has 0 unspecified atom stereocenters. The molecular formula is C22H32N2O4S. The number of hydrogen-bond donors (Lipinski definition) is 0. The van der Waals surface area contributed by atoms with E-state index in [0.717, 1.165) is 25.1 Å². The minimum absolute atomic E-state index is 0.267. The Morgan fingerprint density at radius 3 is 2.59 bits per heavy atom. The van der Waals surface area contributed by atoms with Gasteiger partial charge in [-0.3, -0.25) is 4.79 Å². The smallest absolute Gasteiger partial charge is 0.324 e. The maximum absolute atomic E-state index is 13.6. The van der Waals surface area contributed by atoms with E-state index in [2.05, 4.69) is 11.5 Å². The number of rotatable bonds is 5. The number of aryl methyl sites for hydroxylation is 1. The molecule has 0 saturated carbocycles. The van der Waals surface area contributed by atoms with E-state index in [4.69, 9.17) is 4.74 Å². The average molecular weight is 421 g/mol. The number of benzene rings is 1. The Labute approximate surface area is 174 Å². The lowest BCUT2D eigenvalue weighted by Crippen LogP contribution is -2.43. The summed E-state index contributed by atoms with van der Waals surface area (Å²) in [6, 6.07) is 4.64. The fraction of sp³-hybridized carbons (Fsp3) is 0.591. The summed E-state index contributed by atoms with van der Waals surface area (Å²) in [4.78, 5) is 15.1. The van der Waals surface area contributed by atoms with E-state index in [0.29, 0.717) is 31.0 Å². The predicted molar refractivity (Wildman–Crippen MR) is 114 cm³/mol. The molecule has 7 heteroatoms. The standard InChI is InChI=1S/C22H32N2O4S/c1-6-17-11-13-23(15-17)19-14-16(2)9-10-20(19)29(26,27)24-12-7-8-18(24)21(25)28-22(3,4)5/h6,9-10,14,17-18H,1,7-8,11-13,15H2,2-5H3/t17-,18-/m0/s1. The zero-order valence-corrected chi connectivity index (χ0v) is 18.7. The number of carbonyl (C=O) groups excluding carboxylic acids is 1. The second-order valence-corrected chi connectivity index (χ2v) is 10.9. The molecule has 2 aliphatic heterocycles. The molecule has 3 rings (SSSR count). The van der Waals surface area contributed by atoms with Crippen LogP contribution in [0.5, 0.6) is 0 Å². The zero-order chi connectivity index (χ0) is 21.4. The number of hydrogen-bond acceptors (Lipinski definition) is 5. The first-order chi connectivity index (χ1) is 13.5. The molecule has 2 saturated heterocycles. The van der Waals surface area contributed by atoms with Gasteiger partial charge in [0.25, 0.3) is 0 Å². The number of esters is 1. The van der Waals surface area contributed by atoms with E-state index in [1.54, 1.807) is 26.8 Å². The van der Waals surface area contributed by atoms with Gasteiger partial charge >= 0.3 is 5.97 Å². The molecule has 2 heterocycles. The van der Waals surface area contributed by atoms with E-state index in [9.17, 15) is 13.2 Å². The Morgan fingerprint density at radius 1 is 1.24 bits per heavy atom. The molecule has 0 bridgehead atoms. The summed E-state index contributed by atoms with van der Waals surface area (Å²) in [5.41, 5.74) is 1.06. The molecule has 0 spiro atoms. The van der Waals surface area contributed by atoms with Crippen molar-refractivity contribution in [2.24, 2.45) is 5.92 Å². The lowest BCUT2D eigenvalue weighted by atomic mass is 10.1. The third-order valence-corrected chi connectivity index (χ3v) is 7.44. The van der Waals surface area contributed by atoms with Gasteiger partial charge < -0.3 is 9.64 Å². The van der Waals surface area contributed by atoms with Crippen molar-refractivity contribution in [2.45, 2.75) is 63.5 Å². The summed E-state index contributed by atoms with van der Waals surface area (Å²) < 4.78 is 34.1. The minimum Gasteiger partial charge on any atom is -0.459 e. The molecule has 2 fully saturated rings. The normalized spacial score (nSPS) is 23.4. The number of nitrogens with zero attached hydrogens (tertiary/aromatic N) is 2. The van der Waals surface area contributed by atoms with E-state index in [1.165, 1.54) is 4.31 Å². The van der Waals surface area contributed by atoms with Gasteiger partial charge in [0.2, 0.25) is 10.0 Å². The van der Waals surface area contributed by atoms with Crippen LogP contribution in [0.4, 0.5) is 5.69 Å². The molecule has 160 valence electrons. The molecule has 0 aromatic heterocycles. The van der Waals surface area contributed by atoms with Crippen molar-refractivity contribution in [1.29, 1.82) is 0 Å². The summed E-state index contributed by atoms with van der Waals surface area (Å²) in [6.07, 6.45) is 4.02. The highest BCUT2D eigenvalue weighted by molar-refractivity contribution is 7.89. The van der Waals surface area contributed by atoms with E-state index < -0.39 is 27.6 Å². The van der Waals surface area contributed by atoms with Crippen LogP contribution in [0.15, 0.2) is 35.7 Å². The molecule has 6 nitrogen and oxygen atoms in total. The largest absolute Gasteiger partial charge is 0.459 e. The van der Waals surface area contributed by atoms with Crippen molar-refractivity contribution in [3.8, 4) is 0 Å². The fourth-order valence-electron chi connectivity index (χ4n) is 4.05. The molecule has 2 aliphatic rings. The van der Waals surface area contributed by atoms with Crippen LogP contribution in [-0.2, 0) is 19.6 Å². The number of sulfonamides is 1. The first kappa shape index (κ1) is 21.8. The third kappa shape index (κ3) is 4.67. The van der Waals surface area contributed by atoms with Crippen molar-refractivity contribution >= 4 is 21.7 Å². The Bertz CT molecular complexity index is 889. The SMILES string of the molecule is C=C[C@H]1CCN(c2cc(C)ccc2S(=O)(=O)N2CCC[C@H]2C(=O)OC(C)(C)C)C1. The molecule has 0 N–H and O–H groups in total. The average Bonchev–Trinajstić information content (AvgIpc) is 3.29. The Balaban J connectivity index is 1.95. The molecular weight excluding hydrogens is 388 g/mol. The first-order valence-electron chi connectivity index (χ1n) is 10.3. The number of ether oxygens (including phenoxy) is 1. The van der Waals surface area contributed by atoms with Gasteiger partial charge in [0.05, 0.1) is 5.69 Å². The Kier molecular flexibility index (Phi) is 6.11. The Hall–Kier alpha value is -1.86. The molecule has 0 radical (unpaired) electrons. The minimum atomic E-state index is -3.83. The highest BCUT2D eigenvalue weighted by Crippen LogP contribution is 2.36. The van der Waals surface area contributed by atoms with Gasteiger partial charge in [0, 0.05) is 19.6 Å². The summed E-state index contributed by atoms with van der Waals surface area (Å²) >= 11 is 0. The van der Waals surface area contributed by atoms with Crippen LogP contribution in [0.2, 0.25) is 0 Å². The monoisotopic (exact) mass is 420 g/mol. The van der Waals surface area contributed by atoms with Gasteiger partial charge in [0.15, 0.2) is 0 Å². The van der Waals surface area contributed by atoms with Crippen molar-refractivity contribution in [3.63, 3.8) is 0 Å². The molecule has 2 atom stereocenters. The second kappa shape index (κ2) is 8.11. The van der Waals surface area contributed by atoms with E-state index in [1.807, 2.05) is 25.1 Å². The van der Waals surface area contributed by atoms with Crippen molar-refractivity contribution in [3.05, 3.63) is 36.4 Å². The molecule has 1 aromatic carbocycles. The molecule has 0 amide bonds. The summed E-state index contributed by atoms with van der Waals surface area (Å²) in [5, 5.41) is 0. The predicted octanol–water partition coefficient (Wildman–Crippen LogP) is 3.50. The quantitative estimate of drug-likeness (QED) is 0.539. The molecule has 29 heavy (non-hydrogen) atoms. The van der Waals surface area contributed by atoms with Crippen LogP contribution in [0, 0.1) is 12.8 Å². The van der Waals surface area contributed by atoms with Crippen molar-refractivity contribution < 1.29 is 17.9 Å². The maximum atomic E-state index is 13.6. The summed E-state index contributed by atoms with van der Waals surface area (Å²) in [5.74, 6) is -0.118. The third-order valence-electron chi connectivity index (χ3n) is 5.48. The van der Waals surface area contributed by atoms with E-state index >= 15 is 0 Å². The number of carbonyl (C=O) groups is 1. The van der Waals surface area contributed by atoms with Crippen LogP contribution >= 0.6 is 0 Å². The van der Waals surface area contributed by atoms with Crippen molar-refractivity contribution in [2.75, 3.05) is 24.5 Å². The highest BCUT2D eigenvalue weighted by Gasteiger charge is 2.42. The fourth-order valence-corrected chi connectivity index (χ4v) is 5.89. The molecule has 0 aliphatic carbocycles. The van der Waals surface area contributed by atoms with Gasteiger partial charge in [-0.25, -0.2) is 8.42 Å². The lowest BCUT2D eigenvalue weighted by Gasteiger charge is -2.29. The van der Waals surface area contributed by atoms with Crippen LogP contribution in [0.1, 0.15) is 45.6 Å².